The molecule has 8 heteroatoms. The second-order valence-electron chi connectivity index (χ2n) is 15.4. The molecule has 7 nitrogen and oxygen atoms in total. The van der Waals surface area contributed by atoms with Crippen LogP contribution >= 0.6 is 11.3 Å². The molecule has 6 heterocycles. The summed E-state index contributed by atoms with van der Waals surface area (Å²) in [6.07, 6.45) is 24.9. The van der Waals surface area contributed by atoms with Crippen LogP contribution in [-0.2, 0) is 6.42 Å². The topological polar surface area (TPSA) is 50.8 Å². The second-order valence-corrected chi connectivity index (χ2v) is 16.4. The molecule has 0 radical (unpaired) electrons. The van der Waals surface area contributed by atoms with Crippen molar-refractivity contribution in [1.82, 2.24) is 29.6 Å². The maximum atomic E-state index is 5.30. The first-order valence-electron chi connectivity index (χ1n) is 20.5. The van der Waals surface area contributed by atoms with E-state index in [1.54, 1.807) is 0 Å². The van der Waals surface area contributed by atoms with Crippen LogP contribution in [0.3, 0.4) is 0 Å². The lowest BCUT2D eigenvalue weighted by atomic mass is 9.95. The molecule has 0 saturated carbocycles. The summed E-state index contributed by atoms with van der Waals surface area (Å²) >= 11 is 1.83. The fourth-order valence-electron chi connectivity index (χ4n) is 9.16. The molecule has 4 saturated heterocycles. The average molecular weight is 698 g/mol. The first kappa shape index (κ1) is 36.0. The minimum atomic E-state index is 0.287. The van der Waals surface area contributed by atoms with Crippen LogP contribution in [0.1, 0.15) is 131 Å². The molecule has 0 spiro atoms. The predicted molar refractivity (Wildman–Crippen MR) is 210 cm³/mol. The van der Waals surface area contributed by atoms with Crippen molar-refractivity contribution in [2.24, 2.45) is 0 Å². The van der Waals surface area contributed by atoms with Gasteiger partial charge in [-0.1, -0.05) is 69.6 Å². The molecule has 0 unspecified atom stereocenters. The van der Waals surface area contributed by atoms with Crippen LogP contribution < -0.4 is 5.32 Å². The van der Waals surface area contributed by atoms with Crippen LogP contribution in [-0.4, -0.2) is 88.5 Å². The Morgan fingerprint density at radius 1 is 0.600 bits per heavy atom. The van der Waals surface area contributed by atoms with Gasteiger partial charge in [-0.15, -0.1) is 11.3 Å². The Bertz CT molecular complexity index is 1360. The zero-order valence-corrected chi connectivity index (χ0v) is 31.6. The molecule has 1 N–H and O–H groups in total. The Morgan fingerprint density at radius 2 is 1.12 bits per heavy atom. The van der Waals surface area contributed by atoms with Crippen molar-refractivity contribution in [3.8, 4) is 11.3 Å². The number of hydrogen-bond donors (Lipinski definition) is 1. The number of nitrogens with zero attached hydrogens (tertiary/aromatic N) is 6. The lowest BCUT2D eigenvalue weighted by Crippen LogP contribution is -2.43. The van der Waals surface area contributed by atoms with E-state index < -0.39 is 0 Å². The quantitative estimate of drug-likeness (QED) is 0.214. The third-order valence-corrected chi connectivity index (χ3v) is 12.7. The summed E-state index contributed by atoms with van der Waals surface area (Å²) in [4.78, 5) is 22.8. The average Bonchev–Trinajstić information content (AvgIpc) is 3.49. The van der Waals surface area contributed by atoms with Crippen LogP contribution in [0, 0.1) is 0 Å². The van der Waals surface area contributed by atoms with E-state index in [0.29, 0.717) is 6.17 Å². The summed E-state index contributed by atoms with van der Waals surface area (Å²) in [5.74, 6) is 0.744. The summed E-state index contributed by atoms with van der Waals surface area (Å²) in [6.45, 7) is 10.4. The van der Waals surface area contributed by atoms with E-state index in [9.17, 15) is 0 Å². The van der Waals surface area contributed by atoms with Gasteiger partial charge < -0.3 is 5.32 Å². The summed E-state index contributed by atoms with van der Waals surface area (Å²) in [5.41, 5.74) is 5.30. The van der Waals surface area contributed by atoms with E-state index in [4.69, 9.17) is 9.97 Å². The van der Waals surface area contributed by atoms with Gasteiger partial charge in [0.1, 0.15) is 0 Å². The number of thiophene rings is 1. The number of benzene rings is 1. The molecule has 0 aliphatic carbocycles. The number of likely N-dealkylation sites (tertiary alicyclic amines) is 4. The van der Waals surface area contributed by atoms with Gasteiger partial charge in [-0.3, -0.25) is 19.6 Å². The molecule has 1 aromatic carbocycles. The highest BCUT2D eigenvalue weighted by Crippen LogP contribution is 2.39. The zero-order chi connectivity index (χ0) is 33.8. The van der Waals surface area contributed by atoms with E-state index in [-0.39, 0.29) is 6.17 Å². The van der Waals surface area contributed by atoms with Crippen molar-refractivity contribution in [2.75, 3.05) is 64.2 Å². The first-order valence-corrected chi connectivity index (χ1v) is 21.4. The number of rotatable bonds is 11. The molecule has 0 bridgehead atoms. The number of anilines is 1. The summed E-state index contributed by atoms with van der Waals surface area (Å²) in [7, 11) is 0. The van der Waals surface area contributed by atoms with Gasteiger partial charge in [0.15, 0.2) is 0 Å². The highest BCUT2D eigenvalue weighted by molar-refractivity contribution is 7.09. The van der Waals surface area contributed by atoms with Gasteiger partial charge in [-0.05, 0) is 145 Å². The maximum Gasteiger partial charge on any atom is 0.223 e. The first-order chi connectivity index (χ1) is 24.8. The van der Waals surface area contributed by atoms with Crippen molar-refractivity contribution >= 4 is 17.3 Å². The molecule has 0 atom stereocenters. The second kappa shape index (κ2) is 18.9. The standard InChI is InChI=1S/C42H63N7S/c1-2-10-26-46(25-9-1)40(47-27-11-3-4-12-28-47)35-19-20-37(41(48-29-13-5-6-14-30-48)49-31-15-7-8-16-32-49)38(34-35)39-22-24-44-42(45-39)43-23-21-36-18-17-33-50-36/h17-20,22,24,33-34,40-41H,1-16,21,23,25-32H2,(H,43,44,45). The van der Waals surface area contributed by atoms with Gasteiger partial charge in [0, 0.05) is 23.2 Å². The molecule has 4 aliphatic heterocycles. The molecule has 7 rings (SSSR count). The number of hydrogen-bond acceptors (Lipinski definition) is 8. The fraction of sp³-hybridized carbons (Fsp3) is 0.667. The summed E-state index contributed by atoms with van der Waals surface area (Å²) < 4.78 is 0. The van der Waals surface area contributed by atoms with Crippen molar-refractivity contribution in [3.05, 3.63) is 64.0 Å². The molecule has 272 valence electrons. The van der Waals surface area contributed by atoms with Gasteiger partial charge in [0.2, 0.25) is 5.95 Å². The minimum Gasteiger partial charge on any atom is -0.354 e. The molecule has 4 aliphatic rings. The Morgan fingerprint density at radius 3 is 1.62 bits per heavy atom. The van der Waals surface area contributed by atoms with Crippen molar-refractivity contribution < 1.29 is 0 Å². The SMILES string of the molecule is c1csc(CCNc2nccc(-c3cc(C(N4CCCCCC4)N4CCCCCC4)ccc3C(N3CCCCCC3)N3CCCCCC3)n2)c1. The Labute approximate surface area is 306 Å². The fourth-order valence-corrected chi connectivity index (χ4v) is 9.87. The zero-order valence-electron chi connectivity index (χ0n) is 30.7. The molecule has 4 fully saturated rings. The van der Waals surface area contributed by atoms with E-state index in [1.165, 1.54) is 177 Å². The van der Waals surface area contributed by atoms with Gasteiger partial charge in [0.25, 0.3) is 0 Å². The normalized spacial score (nSPS) is 21.5. The molecule has 2 aromatic heterocycles. The Hall–Kier alpha value is -2.36. The van der Waals surface area contributed by atoms with E-state index in [0.717, 1.165) is 24.6 Å². The summed E-state index contributed by atoms with van der Waals surface area (Å²) in [6, 6.07) is 14.2. The smallest absolute Gasteiger partial charge is 0.223 e. The van der Waals surface area contributed by atoms with E-state index in [2.05, 4.69) is 66.7 Å². The van der Waals surface area contributed by atoms with Crippen molar-refractivity contribution in [3.63, 3.8) is 0 Å². The van der Waals surface area contributed by atoms with Crippen LogP contribution in [0.4, 0.5) is 5.95 Å². The highest BCUT2D eigenvalue weighted by atomic mass is 32.1. The van der Waals surface area contributed by atoms with Crippen molar-refractivity contribution in [2.45, 2.75) is 121 Å². The minimum absolute atomic E-state index is 0.287. The van der Waals surface area contributed by atoms with Crippen LogP contribution in [0.2, 0.25) is 0 Å². The van der Waals surface area contributed by atoms with E-state index in [1.807, 2.05) is 17.5 Å². The van der Waals surface area contributed by atoms with Crippen LogP contribution in [0.5, 0.6) is 0 Å². The molecule has 3 aromatic rings. The molecule has 50 heavy (non-hydrogen) atoms. The molecular weight excluding hydrogens is 635 g/mol. The number of aromatic nitrogens is 2. The highest BCUT2D eigenvalue weighted by Gasteiger charge is 2.33. The Kier molecular flexibility index (Phi) is 13.6. The van der Waals surface area contributed by atoms with Crippen molar-refractivity contribution in [1.29, 1.82) is 0 Å². The third kappa shape index (κ3) is 9.54. The molecular formula is C42H63N7S. The monoisotopic (exact) mass is 697 g/mol. The van der Waals surface area contributed by atoms with Gasteiger partial charge in [-0.25, -0.2) is 9.97 Å². The van der Waals surface area contributed by atoms with Gasteiger partial charge in [0.05, 0.1) is 18.0 Å². The predicted octanol–water partition coefficient (Wildman–Crippen LogP) is 9.36. The number of nitrogens with one attached hydrogen (secondary N) is 1. The lowest BCUT2D eigenvalue weighted by molar-refractivity contribution is 0.0429. The van der Waals surface area contributed by atoms with Crippen LogP contribution in [0.25, 0.3) is 11.3 Å². The van der Waals surface area contributed by atoms with E-state index >= 15 is 0 Å². The third-order valence-electron chi connectivity index (χ3n) is 11.8. The Balaban J connectivity index is 1.30. The lowest BCUT2D eigenvalue weighted by Gasteiger charge is -2.42. The molecule has 0 amide bonds. The van der Waals surface area contributed by atoms with Crippen LogP contribution in [0.15, 0.2) is 48.0 Å². The maximum absolute atomic E-state index is 5.30. The van der Waals surface area contributed by atoms with Gasteiger partial charge >= 0.3 is 0 Å². The largest absolute Gasteiger partial charge is 0.354 e. The summed E-state index contributed by atoms with van der Waals surface area (Å²) in [5, 5.41) is 5.75. The van der Waals surface area contributed by atoms with Gasteiger partial charge in [-0.2, -0.15) is 0 Å².